The molecule has 1 aromatic heterocycles. The Kier molecular flexibility index (Phi) is 4.42. The van der Waals surface area contributed by atoms with Crippen LogP contribution in [0.3, 0.4) is 0 Å². The number of hydrogen-bond acceptors (Lipinski definition) is 3. The number of nitrogens with zero attached hydrogens (tertiary/aromatic N) is 1. The van der Waals surface area contributed by atoms with Crippen molar-refractivity contribution in [3.8, 4) is 5.75 Å². The lowest BCUT2D eigenvalue weighted by atomic mass is 10.4. The van der Waals surface area contributed by atoms with Gasteiger partial charge in [-0.25, -0.2) is 13.5 Å². The first kappa shape index (κ1) is 11.3. The molecule has 0 bridgehead atoms. The van der Waals surface area contributed by atoms with Crippen LogP contribution in [0.25, 0.3) is 0 Å². The van der Waals surface area contributed by atoms with E-state index in [4.69, 9.17) is 16.4 Å². The van der Waals surface area contributed by atoms with Crippen LogP contribution in [-0.2, 0) is 0 Å². The maximum atomic E-state index is 12.4. The maximum absolute atomic E-state index is 12.4. The summed E-state index contributed by atoms with van der Waals surface area (Å²) >= 11 is 0. The minimum atomic E-state index is -1.75. The van der Waals surface area contributed by atoms with Gasteiger partial charge in [-0.3, -0.25) is 5.41 Å². The normalized spacial score (nSPS) is 8.85. The third kappa shape index (κ3) is 3.06. The zero-order valence-electron chi connectivity index (χ0n) is 6.47. The molecular formula is C6H8F3N3O. The fourth-order valence-corrected chi connectivity index (χ4v) is 0.537. The number of halogens is 3. The molecule has 0 fully saturated rings. The van der Waals surface area contributed by atoms with Crippen molar-refractivity contribution in [2.24, 2.45) is 0 Å². The van der Waals surface area contributed by atoms with Crippen molar-refractivity contribution in [3.63, 3.8) is 0 Å². The highest BCUT2D eigenvalue weighted by atomic mass is 19.3. The monoisotopic (exact) mass is 195 g/mol. The molecule has 7 heteroatoms. The van der Waals surface area contributed by atoms with Gasteiger partial charge in [0, 0.05) is 0 Å². The lowest BCUT2D eigenvalue weighted by molar-refractivity contribution is 0.295. The van der Waals surface area contributed by atoms with Crippen LogP contribution in [0, 0.1) is 11.4 Å². The standard InChI is InChI=1S/C5H6FN3O.CH2F2/c6-4-2-1-3(10)5(7)9(4)8;2-1-3/h1-2,7,10H,8H2;1H2. The van der Waals surface area contributed by atoms with Gasteiger partial charge in [0.15, 0.2) is 11.2 Å². The molecule has 4 nitrogen and oxygen atoms in total. The summed E-state index contributed by atoms with van der Waals surface area (Å²) in [4.78, 5) is 0. The van der Waals surface area contributed by atoms with E-state index in [1.54, 1.807) is 0 Å². The van der Waals surface area contributed by atoms with E-state index >= 15 is 0 Å². The maximum Gasteiger partial charge on any atom is 0.229 e. The Balaban J connectivity index is 0.000000424. The summed E-state index contributed by atoms with van der Waals surface area (Å²) in [6, 6.07) is 2.05. The van der Waals surface area contributed by atoms with E-state index in [2.05, 4.69) is 0 Å². The first-order chi connectivity index (χ1) is 6.04. The van der Waals surface area contributed by atoms with Gasteiger partial charge >= 0.3 is 0 Å². The molecule has 0 saturated heterocycles. The number of rotatable bonds is 0. The van der Waals surface area contributed by atoms with Crippen molar-refractivity contribution in [2.45, 2.75) is 0 Å². The van der Waals surface area contributed by atoms with Crippen LogP contribution in [0.4, 0.5) is 13.2 Å². The van der Waals surface area contributed by atoms with Crippen LogP contribution in [0.1, 0.15) is 0 Å². The molecule has 0 aliphatic rings. The molecule has 1 rings (SSSR count). The molecule has 0 aliphatic carbocycles. The first-order valence-electron chi connectivity index (χ1n) is 3.06. The van der Waals surface area contributed by atoms with Gasteiger partial charge in [0.25, 0.3) is 0 Å². The fraction of sp³-hybridized carbons (Fsp3) is 0.167. The molecule has 0 atom stereocenters. The van der Waals surface area contributed by atoms with Gasteiger partial charge < -0.3 is 10.9 Å². The predicted molar refractivity (Wildman–Crippen MR) is 39.1 cm³/mol. The van der Waals surface area contributed by atoms with Crippen molar-refractivity contribution < 1.29 is 18.3 Å². The first-order valence-corrected chi connectivity index (χ1v) is 3.06. The van der Waals surface area contributed by atoms with Gasteiger partial charge in [-0.15, -0.1) is 0 Å². The second kappa shape index (κ2) is 5.07. The second-order valence-electron chi connectivity index (χ2n) is 1.86. The van der Waals surface area contributed by atoms with E-state index in [-0.39, 0.29) is 5.75 Å². The second-order valence-corrected chi connectivity index (χ2v) is 1.86. The molecule has 1 heterocycles. The van der Waals surface area contributed by atoms with Crippen LogP contribution in [-0.4, -0.2) is 16.7 Å². The molecule has 0 unspecified atom stereocenters. The summed E-state index contributed by atoms with van der Waals surface area (Å²) in [6.07, 6.45) is 0. The molecule has 0 aliphatic heterocycles. The zero-order valence-corrected chi connectivity index (χ0v) is 6.47. The van der Waals surface area contributed by atoms with Crippen molar-refractivity contribution >= 4 is 0 Å². The summed E-state index contributed by atoms with van der Waals surface area (Å²) < 4.78 is 32.1. The largest absolute Gasteiger partial charge is 0.504 e. The van der Waals surface area contributed by atoms with E-state index < -0.39 is 18.4 Å². The molecule has 0 amide bonds. The Morgan fingerprint density at radius 2 is 1.92 bits per heavy atom. The topological polar surface area (TPSA) is 75.0 Å². The molecule has 1 aromatic rings. The van der Waals surface area contributed by atoms with Crippen LogP contribution in [0.5, 0.6) is 5.75 Å². The molecule has 0 aromatic carbocycles. The zero-order chi connectivity index (χ0) is 10.4. The quantitative estimate of drug-likeness (QED) is 0.414. The van der Waals surface area contributed by atoms with Gasteiger partial charge in [-0.2, -0.15) is 4.39 Å². The minimum Gasteiger partial charge on any atom is -0.504 e. The van der Waals surface area contributed by atoms with Crippen molar-refractivity contribution in [2.75, 3.05) is 12.8 Å². The Bertz CT molecular complexity index is 325. The minimum absolute atomic E-state index is 0.344. The Morgan fingerprint density at radius 1 is 1.46 bits per heavy atom. The fourth-order valence-electron chi connectivity index (χ4n) is 0.537. The number of aromatic hydroxyl groups is 1. The van der Waals surface area contributed by atoms with Gasteiger partial charge in [0.05, 0.1) is 0 Å². The van der Waals surface area contributed by atoms with E-state index in [9.17, 15) is 13.2 Å². The Labute approximate surface area is 71.5 Å². The summed E-state index contributed by atoms with van der Waals surface area (Å²) in [5, 5.41) is 15.7. The molecular weight excluding hydrogens is 187 g/mol. The van der Waals surface area contributed by atoms with Crippen molar-refractivity contribution in [3.05, 3.63) is 23.6 Å². The van der Waals surface area contributed by atoms with E-state index in [1.807, 2.05) is 0 Å². The van der Waals surface area contributed by atoms with Gasteiger partial charge in [0.2, 0.25) is 12.9 Å². The highest BCUT2D eigenvalue weighted by Gasteiger charge is 1.98. The molecule has 0 spiro atoms. The summed E-state index contributed by atoms with van der Waals surface area (Å²) in [5.74, 6) is 3.87. The molecule has 0 saturated carbocycles. The lowest BCUT2D eigenvalue weighted by Gasteiger charge is -2.00. The van der Waals surface area contributed by atoms with Gasteiger partial charge in [-0.1, -0.05) is 0 Å². The van der Waals surface area contributed by atoms with Crippen LogP contribution < -0.4 is 11.3 Å². The van der Waals surface area contributed by atoms with Crippen molar-refractivity contribution in [1.82, 2.24) is 4.68 Å². The SMILES string of the molecule is FCF.N=c1c(O)ccc(F)n1N. The third-order valence-corrected chi connectivity index (χ3v) is 1.09. The Hall–Kier alpha value is -1.66. The average molecular weight is 195 g/mol. The number of pyridine rings is 1. The molecule has 74 valence electrons. The average Bonchev–Trinajstić information content (AvgIpc) is 2.10. The van der Waals surface area contributed by atoms with E-state index in [0.717, 1.165) is 12.1 Å². The molecule has 0 radical (unpaired) electrons. The Morgan fingerprint density at radius 3 is 2.31 bits per heavy atom. The predicted octanol–water partition coefficient (Wildman–Crippen LogP) is 0.409. The lowest BCUT2D eigenvalue weighted by Crippen LogP contribution is -2.29. The summed E-state index contributed by atoms with van der Waals surface area (Å²) in [5.41, 5.74) is -0.444. The highest BCUT2D eigenvalue weighted by Crippen LogP contribution is 1.98. The molecule has 4 N–H and O–H groups in total. The number of aromatic nitrogens is 1. The van der Waals surface area contributed by atoms with E-state index in [0.29, 0.717) is 4.68 Å². The van der Waals surface area contributed by atoms with Crippen LogP contribution in [0.2, 0.25) is 0 Å². The van der Waals surface area contributed by atoms with Crippen molar-refractivity contribution in [1.29, 1.82) is 5.41 Å². The molecule has 13 heavy (non-hydrogen) atoms. The van der Waals surface area contributed by atoms with Gasteiger partial charge in [-0.05, 0) is 12.1 Å². The number of nitrogens with one attached hydrogen (secondary N) is 1. The number of nitrogens with two attached hydrogens (primary N) is 1. The smallest absolute Gasteiger partial charge is 0.229 e. The third-order valence-electron chi connectivity index (χ3n) is 1.09. The van der Waals surface area contributed by atoms with Crippen LogP contribution >= 0.6 is 0 Å². The van der Waals surface area contributed by atoms with E-state index in [1.165, 1.54) is 0 Å². The number of nitrogen functional groups attached to an aromatic ring is 1. The van der Waals surface area contributed by atoms with Crippen LogP contribution in [0.15, 0.2) is 12.1 Å². The van der Waals surface area contributed by atoms with Gasteiger partial charge in [0.1, 0.15) is 0 Å². The summed E-state index contributed by atoms with van der Waals surface area (Å²) in [6.45, 7) is -1.75. The summed E-state index contributed by atoms with van der Waals surface area (Å²) in [7, 11) is 0. The highest BCUT2D eigenvalue weighted by molar-refractivity contribution is 5.14. The number of hydrogen-bond donors (Lipinski definition) is 3. The number of alkyl halides is 2.